The molecule has 1 heterocycles. The Kier molecular flexibility index (Phi) is 5.73. The van der Waals surface area contributed by atoms with Gasteiger partial charge in [-0.2, -0.15) is 0 Å². The van der Waals surface area contributed by atoms with Crippen molar-refractivity contribution in [3.63, 3.8) is 0 Å². The Hall–Kier alpha value is -3.02. The van der Waals surface area contributed by atoms with Gasteiger partial charge in [0.25, 0.3) is 0 Å². The Bertz CT molecular complexity index is 777. The first-order chi connectivity index (χ1) is 12.6. The molecule has 0 unspecified atom stereocenters. The molecule has 1 atom stereocenters. The lowest BCUT2D eigenvalue weighted by molar-refractivity contribution is -0.126. The van der Waals surface area contributed by atoms with Crippen LogP contribution in [0.3, 0.4) is 0 Å². The van der Waals surface area contributed by atoms with E-state index in [4.69, 9.17) is 9.47 Å². The van der Waals surface area contributed by atoms with E-state index >= 15 is 0 Å². The standard InChI is InChI=1S/C20H22N2O4/c1-14(16-5-3-2-4-6-16)22-20(24)10-9-19(23)21-12-15-7-8-17-18(11-15)26-13-25-17/h2-8,11,14H,9-10,12-13H2,1H3,(H,21,23)(H,22,24)/t14-/m0/s1. The third-order valence-electron chi connectivity index (χ3n) is 4.18. The Balaban J connectivity index is 1.39. The van der Waals surface area contributed by atoms with Gasteiger partial charge in [0.05, 0.1) is 6.04 Å². The number of ether oxygens (including phenoxy) is 2. The molecule has 0 aliphatic carbocycles. The summed E-state index contributed by atoms with van der Waals surface area (Å²) in [5, 5.41) is 5.72. The van der Waals surface area contributed by atoms with Crippen molar-refractivity contribution in [2.24, 2.45) is 0 Å². The fraction of sp³-hybridized carbons (Fsp3) is 0.300. The number of hydrogen-bond acceptors (Lipinski definition) is 4. The third kappa shape index (κ3) is 4.75. The summed E-state index contributed by atoms with van der Waals surface area (Å²) in [5.41, 5.74) is 1.96. The fourth-order valence-electron chi connectivity index (χ4n) is 2.71. The zero-order valence-corrected chi connectivity index (χ0v) is 14.7. The Morgan fingerprint density at radius 3 is 2.54 bits per heavy atom. The second-order valence-corrected chi connectivity index (χ2v) is 6.16. The SMILES string of the molecule is C[C@H](NC(=O)CCC(=O)NCc1ccc2c(c1)OCO2)c1ccccc1. The predicted octanol–water partition coefficient (Wildman–Crippen LogP) is 2.69. The quantitative estimate of drug-likeness (QED) is 0.801. The number of benzene rings is 2. The molecule has 6 heteroatoms. The Labute approximate surface area is 152 Å². The molecule has 0 fully saturated rings. The second kappa shape index (κ2) is 8.38. The summed E-state index contributed by atoms with van der Waals surface area (Å²) in [7, 11) is 0. The maximum Gasteiger partial charge on any atom is 0.231 e. The van der Waals surface area contributed by atoms with E-state index in [9.17, 15) is 9.59 Å². The Morgan fingerprint density at radius 1 is 1.00 bits per heavy atom. The largest absolute Gasteiger partial charge is 0.454 e. The van der Waals surface area contributed by atoms with Gasteiger partial charge in [-0.1, -0.05) is 36.4 Å². The summed E-state index contributed by atoms with van der Waals surface area (Å²) >= 11 is 0. The molecule has 3 rings (SSSR count). The van der Waals surface area contributed by atoms with Gasteiger partial charge >= 0.3 is 0 Å². The van der Waals surface area contributed by atoms with Crippen LogP contribution in [-0.4, -0.2) is 18.6 Å². The van der Waals surface area contributed by atoms with Crippen LogP contribution in [0.5, 0.6) is 11.5 Å². The molecule has 2 amide bonds. The van der Waals surface area contributed by atoms with Crippen LogP contribution >= 0.6 is 0 Å². The molecule has 1 aliphatic heterocycles. The van der Waals surface area contributed by atoms with Gasteiger partial charge in [0.1, 0.15) is 0 Å². The molecule has 0 aromatic heterocycles. The predicted molar refractivity (Wildman–Crippen MR) is 96.6 cm³/mol. The number of carbonyl (C=O) groups is 2. The van der Waals surface area contributed by atoms with Crippen molar-refractivity contribution in [2.45, 2.75) is 32.4 Å². The lowest BCUT2D eigenvalue weighted by Crippen LogP contribution is -2.29. The molecule has 136 valence electrons. The van der Waals surface area contributed by atoms with Gasteiger partial charge < -0.3 is 20.1 Å². The zero-order valence-electron chi connectivity index (χ0n) is 14.7. The number of nitrogens with one attached hydrogen (secondary N) is 2. The van der Waals surface area contributed by atoms with Crippen LogP contribution in [0.15, 0.2) is 48.5 Å². The van der Waals surface area contributed by atoms with Crippen molar-refractivity contribution < 1.29 is 19.1 Å². The van der Waals surface area contributed by atoms with Gasteiger partial charge in [0.15, 0.2) is 11.5 Å². The van der Waals surface area contributed by atoms with E-state index in [-0.39, 0.29) is 37.5 Å². The first kappa shape index (κ1) is 17.8. The summed E-state index contributed by atoms with van der Waals surface area (Å²) in [5.74, 6) is 1.10. The smallest absolute Gasteiger partial charge is 0.231 e. The summed E-state index contributed by atoms with van der Waals surface area (Å²) in [4.78, 5) is 24.0. The number of fused-ring (bicyclic) bond motifs is 1. The lowest BCUT2D eigenvalue weighted by Gasteiger charge is -2.14. The van der Waals surface area contributed by atoms with Crippen molar-refractivity contribution in [1.29, 1.82) is 0 Å². The summed E-state index contributed by atoms with van der Waals surface area (Å²) in [6, 6.07) is 15.2. The molecule has 26 heavy (non-hydrogen) atoms. The fourth-order valence-corrected chi connectivity index (χ4v) is 2.71. The number of amides is 2. The minimum atomic E-state index is -0.162. The van der Waals surface area contributed by atoms with Gasteiger partial charge in [-0.3, -0.25) is 9.59 Å². The molecule has 2 aromatic carbocycles. The van der Waals surface area contributed by atoms with Gasteiger partial charge in [-0.05, 0) is 30.2 Å². The maximum absolute atomic E-state index is 12.0. The summed E-state index contributed by atoms with van der Waals surface area (Å²) < 4.78 is 10.6. The molecular weight excluding hydrogens is 332 g/mol. The monoisotopic (exact) mass is 354 g/mol. The molecule has 1 aliphatic rings. The van der Waals surface area contributed by atoms with E-state index in [0.29, 0.717) is 18.0 Å². The lowest BCUT2D eigenvalue weighted by atomic mass is 10.1. The Morgan fingerprint density at radius 2 is 1.73 bits per heavy atom. The average molecular weight is 354 g/mol. The topological polar surface area (TPSA) is 76.7 Å². The number of carbonyl (C=O) groups excluding carboxylic acids is 2. The van der Waals surface area contributed by atoms with Crippen molar-refractivity contribution in [3.8, 4) is 11.5 Å². The maximum atomic E-state index is 12.0. The van der Waals surface area contributed by atoms with Gasteiger partial charge in [-0.25, -0.2) is 0 Å². The normalized spacial score (nSPS) is 13.1. The van der Waals surface area contributed by atoms with Crippen LogP contribution in [0.2, 0.25) is 0 Å². The van der Waals surface area contributed by atoms with E-state index in [0.717, 1.165) is 11.1 Å². The van der Waals surface area contributed by atoms with E-state index in [1.54, 1.807) is 0 Å². The molecule has 2 aromatic rings. The van der Waals surface area contributed by atoms with Crippen molar-refractivity contribution >= 4 is 11.8 Å². The first-order valence-corrected chi connectivity index (χ1v) is 8.61. The van der Waals surface area contributed by atoms with Gasteiger partial charge in [0.2, 0.25) is 18.6 Å². The molecule has 0 spiro atoms. The minimum absolute atomic E-state index is 0.0830. The van der Waals surface area contributed by atoms with E-state index < -0.39 is 0 Å². The molecule has 2 N–H and O–H groups in total. The molecule has 0 radical (unpaired) electrons. The zero-order chi connectivity index (χ0) is 18.4. The first-order valence-electron chi connectivity index (χ1n) is 8.61. The van der Waals surface area contributed by atoms with Gasteiger partial charge in [-0.15, -0.1) is 0 Å². The van der Waals surface area contributed by atoms with E-state index in [2.05, 4.69) is 10.6 Å². The molecule has 6 nitrogen and oxygen atoms in total. The van der Waals surface area contributed by atoms with Crippen LogP contribution in [0, 0.1) is 0 Å². The summed E-state index contributed by atoms with van der Waals surface area (Å²) in [6.07, 6.45) is 0.308. The van der Waals surface area contributed by atoms with Crippen molar-refractivity contribution in [2.75, 3.05) is 6.79 Å². The molecular formula is C20H22N2O4. The highest BCUT2D eigenvalue weighted by atomic mass is 16.7. The highest BCUT2D eigenvalue weighted by Gasteiger charge is 2.14. The third-order valence-corrected chi connectivity index (χ3v) is 4.18. The highest BCUT2D eigenvalue weighted by molar-refractivity contribution is 5.83. The number of hydrogen-bond donors (Lipinski definition) is 2. The van der Waals surface area contributed by atoms with Crippen LogP contribution in [0.1, 0.15) is 36.9 Å². The molecule has 0 saturated heterocycles. The van der Waals surface area contributed by atoms with Gasteiger partial charge in [0, 0.05) is 19.4 Å². The highest BCUT2D eigenvalue weighted by Crippen LogP contribution is 2.32. The molecule has 0 saturated carbocycles. The number of rotatable bonds is 7. The minimum Gasteiger partial charge on any atom is -0.454 e. The van der Waals surface area contributed by atoms with Crippen molar-refractivity contribution in [3.05, 3.63) is 59.7 Å². The molecule has 0 bridgehead atoms. The van der Waals surface area contributed by atoms with Crippen LogP contribution < -0.4 is 20.1 Å². The average Bonchev–Trinajstić information content (AvgIpc) is 3.13. The van der Waals surface area contributed by atoms with Crippen LogP contribution in [0.25, 0.3) is 0 Å². The van der Waals surface area contributed by atoms with E-state index in [1.807, 2.05) is 55.5 Å². The van der Waals surface area contributed by atoms with Crippen LogP contribution in [0.4, 0.5) is 0 Å². The van der Waals surface area contributed by atoms with E-state index in [1.165, 1.54) is 0 Å². The van der Waals surface area contributed by atoms with Crippen molar-refractivity contribution in [1.82, 2.24) is 10.6 Å². The summed E-state index contributed by atoms with van der Waals surface area (Å²) in [6.45, 7) is 2.53. The second-order valence-electron chi connectivity index (χ2n) is 6.16. The van der Waals surface area contributed by atoms with Crippen LogP contribution in [-0.2, 0) is 16.1 Å².